The van der Waals surface area contributed by atoms with Crippen LogP contribution in [0, 0.1) is 6.92 Å². The second kappa shape index (κ2) is 8.12. The standard InChI is InChI=1S/C20H22N2O5S/c1-13-6-9-17(11-18(13)28(25,26)21-2)22-19(23)12-27-20(24)16-8-7-14-4-3-5-15(14)10-16/h6-11,21H,3-5,12H2,1-2H3,(H,22,23). The van der Waals surface area contributed by atoms with E-state index >= 15 is 0 Å². The van der Waals surface area contributed by atoms with Crippen molar-refractivity contribution in [3.05, 3.63) is 58.7 Å². The fraction of sp³-hybridized carbons (Fsp3) is 0.300. The monoisotopic (exact) mass is 402 g/mol. The number of benzene rings is 2. The summed E-state index contributed by atoms with van der Waals surface area (Å²) < 4.78 is 31.4. The summed E-state index contributed by atoms with van der Waals surface area (Å²) in [6.45, 7) is 1.20. The number of hydrogen-bond donors (Lipinski definition) is 2. The van der Waals surface area contributed by atoms with Gasteiger partial charge in [-0.25, -0.2) is 17.9 Å². The van der Waals surface area contributed by atoms with Crippen LogP contribution in [0.3, 0.4) is 0 Å². The number of rotatable bonds is 6. The summed E-state index contributed by atoms with van der Waals surface area (Å²) in [4.78, 5) is 24.4. The minimum atomic E-state index is -3.64. The smallest absolute Gasteiger partial charge is 0.338 e. The van der Waals surface area contributed by atoms with Crippen LogP contribution in [0.4, 0.5) is 5.69 Å². The van der Waals surface area contributed by atoms with E-state index in [1.54, 1.807) is 25.1 Å². The molecule has 0 saturated carbocycles. The highest BCUT2D eigenvalue weighted by atomic mass is 32.2. The molecule has 0 fully saturated rings. The van der Waals surface area contributed by atoms with E-state index in [0.29, 0.717) is 16.8 Å². The lowest BCUT2D eigenvalue weighted by atomic mass is 10.1. The Labute approximate surface area is 164 Å². The molecule has 7 nitrogen and oxygen atoms in total. The van der Waals surface area contributed by atoms with Crippen molar-refractivity contribution in [3.63, 3.8) is 0 Å². The van der Waals surface area contributed by atoms with Gasteiger partial charge in [0.05, 0.1) is 10.5 Å². The summed E-state index contributed by atoms with van der Waals surface area (Å²) in [6.07, 6.45) is 3.05. The number of amides is 1. The maximum Gasteiger partial charge on any atom is 0.338 e. The molecule has 0 aliphatic heterocycles. The summed E-state index contributed by atoms with van der Waals surface area (Å²) in [5.41, 5.74) is 3.68. The van der Waals surface area contributed by atoms with E-state index in [4.69, 9.17) is 4.74 Å². The molecular weight excluding hydrogens is 380 g/mol. The van der Waals surface area contributed by atoms with Gasteiger partial charge in [0, 0.05) is 5.69 Å². The van der Waals surface area contributed by atoms with Crippen molar-refractivity contribution >= 4 is 27.6 Å². The zero-order valence-corrected chi connectivity index (χ0v) is 16.6. The molecule has 0 unspecified atom stereocenters. The molecule has 0 saturated heterocycles. The highest BCUT2D eigenvalue weighted by Gasteiger charge is 2.17. The van der Waals surface area contributed by atoms with Gasteiger partial charge in [-0.1, -0.05) is 12.1 Å². The zero-order valence-electron chi connectivity index (χ0n) is 15.7. The van der Waals surface area contributed by atoms with Crippen LogP contribution in [0.15, 0.2) is 41.3 Å². The average molecular weight is 402 g/mol. The average Bonchev–Trinajstić information content (AvgIpc) is 3.15. The van der Waals surface area contributed by atoms with Crippen molar-refractivity contribution in [3.8, 4) is 0 Å². The van der Waals surface area contributed by atoms with Crippen LogP contribution >= 0.6 is 0 Å². The molecule has 2 aromatic rings. The second-order valence-corrected chi connectivity index (χ2v) is 8.50. The molecule has 0 radical (unpaired) electrons. The minimum Gasteiger partial charge on any atom is -0.452 e. The lowest BCUT2D eigenvalue weighted by molar-refractivity contribution is -0.119. The topological polar surface area (TPSA) is 102 Å². The predicted molar refractivity (Wildman–Crippen MR) is 105 cm³/mol. The van der Waals surface area contributed by atoms with Gasteiger partial charge in [-0.15, -0.1) is 0 Å². The molecule has 0 spiro atoms. The number of fused-ring (bicyclic) bond motifs is 1. The third kappa shape index (κ3) is 4.40. The van der Waals surface area contributed by atoms with Crippen molar-refractivity contribution in [2.45, 2.75) is 31.1 Å². The van der Waals surface area contributed by atoms with Crippen molar-refractivity contribution in [1.82, 2.24) is 4.72 Å². The summed E-state index contributed by atoms with van der Waals surface area (Å²) in [5, 5.41) is 2.55. The Kier molecular flexibility index (Phi) is 5.81. The van der Waals surface area contributed by atoms with E-state index in [2.05, 4.69) is 10.0 Å². The number of ether oxygens (including phenoxy) is 1. The van der Waals surface area contributed by atoms with Gasteiger partial charge in [0.25, 0.3) is 5.91 Å². The highest BCUT2D eigenvalue weighted by Crippen LogP contribution is 2.23. The maximum atomic E-state index is 12.2. The Morgan fingerprint density at radius 2 is 1.82 bits per heavy atom. The summed E-state index contributed by atoms with van der Waals surface area (Å²) >= 11 is 0. The van der Waals surface area contributed by atoms with Crippen LogP contribution in [0.25, 0.3) is 0 Å². The predicted octanol–water partition coefficient (Wildman–Crippen LogP) is 2.19. The molecule has 2 aromatic carbocycles. The van der Waals surface area contributed by atoms with Gasteiger partial charge in [-0.3, -0.25) is 4.79 Å². The van der Waals surface area contributed by atoms with E-state index in [1.807, 2.05) is 12.1 Å². The molecular formula is C20H22N2O5S. The lowest BCUT2D eigenvalue weighted by Gasteiger charge is -2.11. The third-order valence-corrected chi connectivity index (χ3v) is 6.26. The third-order valence-electron chi connectivity index (χ3n) is 4.70. The van der Waals surface area contributed by atoms with E-state index in [1.165, 1.54) is 18.7 Å². The first-order valence-electron chi connectivity index (χ1n) is 8.93. The van der Waals surface area contributed by atoms with Gasteiger partial charge in [-0.2, -0.15) is 0 Å². The zero-order chi connectivity index (χ0) is 20.3. The summed E-state index contributed by atoms with van der Waals surface area (Å²) in [5.74, 6) is -1.11. The number of esters is 1. The van der Waals surface area contributed by atoms with Crippen LogP contribution < -0.4 is 10.0 Å². The Morgan fingerprint density at radius 1 is 1.07 bits per heavy atom. The number of carbonyl (C=O) groups is 2. The Bertz CT molecular complexity index is 1030. The molecule has 148 valence electrons. The number of carbonyl (C=O) groups excluding carboxylic acids is 2. The Morgan fingerprint density at radius 3 is 2.57 bits per heavy atom. The van der Waals surface area contributed by atoms with Gasteiger partial charge < -0.3 is 10.1 Å². The van der Waals surface area contributed by atoms with Gasteiger partial charge in [0.2, 0.25) is 10.0 Å². The molecule has 8 heteroatoms. The van der Waals surface area contributed by atoms with Crippen molar-refractivity contribution in [2.75, 3.05) is 19.0 Å². The van der Waals surface area contributed by atoms with Gasteiger partial charge in [0.1, 0.15) is 0 Å². The van der Waals surface area contributed by atoms with Gasteiger partial charge in [-0.05, 0) is 74.2 Å². The van der Waals surface area contributed by atoms with Gasteiger partial charge in [0.15, 0.2) is 6.61 Å². The number of aryl methyl sites for hydroxylation is 3. The van der Waals surface area contributed by atoms with Crippen molar-refractivity contribution in [2.24, 2.45) is 0 Å². The number of nitrogens with one attached hydrogen (secondary N) is 2. The van der Waals surface area contributed by atoms with E-state index in [0.717, 1.165) is 24.8 Å². The largest absolute Gasteiger partial charge is 0.452 e. The molecule has 2 N–H and O–H groups in total. The molecule has 3 rings (SSSR count). The molecule has 1 amide bonds. The SMILES string of the molecule is CNS(=O)(=O)c1cc(NC(=O)COC(=O)c2ccc3c(c2)CCC3)ccc1C. The molecule has 1 aliphatic rings. The molecule has 0 atom stereocenters. The van der Waals surface area contributed by atoms with E-state index in [-0.39, 0.29) is 4.90 Å². The first-order chi connectivity index (χ1) is 13.3. The molecule has 0 heterocycles. The van der Waals surface area contributed by atoms with Crippen LogP contribution in [0.2, 0.25) is 0 Å². The molecule has 0 aromatic heterocycles. The van der Waals surface area contributed by atoms with E-state index in [9.17, 15) is 18.0 Å². The van der Waals surface area contributed by atoms with Crippen LogP contribution in [0.1, 0.15) is 33.5 Å². The minimum absolute atomic E-state index is 0.0722. The fourth-order valence-corrected chi connectivity index (χ4v) is 4.18. The van der Waals surface area contributed by atoms with Crippen molar-refractivity contribution in [1.29, 1.82) is 0 Å². The lowest BCUT2D eigenvalue weighted by Crippen LogP contribution is -2.22. The van der Waals surface area contributed by atoms with Crippen molar-refractivity contribution < 1.29 is 22.7 Å². The Balaban J connectivity index is 1.62. The second-order valence-electron chi connectivity index (χ2n) is 6.65. The molecule has 0 bridgehead atoms. The fourth-order valence-electron chi connectivity index (χ4n) is 3.19. The summed E-state index contributed by atoms with van der Waals surface area (Å²) in [7, 11) is -2.32. The van der Waals surface area contributed by atoms with Crippen LogP contribution in [-0.2, 0) is 32.4 Å². The quantitative estimate of drug-likeness (QED) is 0.721. The van der Waals surface area contributed by atoms with E-state index < -0.39 is 28.5 Å². The van der Waals surface area contributed by atoms with Crippen LogP contribution in [-0.4, -0.2) is 33.9 Å². The first kappa shape index (κ1) is 20.0. The number of sulfonamides is 1. The summed E-state index contributed by atoms with van der Waals surface area (Å²) in [6, 6.07) is 9.99. The molecule has 28 heavy (non-hydrogen) atoms. The first-order valence-corrected chi connectivity index (χ1v) is 10.4. The normalized spacial score (nSPS) is 13.1. The number of hydrogen-bond acceptors (Lipinski definition) is 5. The van der Waals surface area contributed by atoms with Gasteiger partial charge >= 0.3 is 5.97 Å². The maximum absolute atomic E-state index is 12.2. The molecule has 1 aliphatic carbocycles. The number of anilines is 1. The Hall–Kier alpha value is -2.71. The van der Waals surface area contributed by atoms with Crippen LogP contribution in [0.5, 0.6) is 0 Å². The highest BCUT2D eigenvalue weighted by molar-refractivity contribution is 7.89.